The van der Waals surface area contributed by atoms with Gasteiger partial charge in [-0.3, -0.25) is 4.79 Å². The minimum absolute atomic E-state index is 0.168. The van der Waals surface area contributed by atoms with Crippen LogP contribution in [0.1, 0.15) is 54.9 Å². The second kappa shape index (κ2) is 6.50. The fraction of sp³-hybridized carbons (Fsp3) is 0.562. The van der Waals surface area contributed by atoms with E-state index in [0.29, 0.717) is 12.1 Å². The van der Waals surface area contributed by atoms with Crippen LogP contribution in [-0.4, -0.2) is 23.4 Å². The van der Waals surface area contributed by atoms with Gasteiger partial charge in [-0.25, -0.2) is 0 Å². The Bertz CT molecular complexity index is 475. The molecule has 0 spiro atoms. The maximum Gasteiger partial charge on any atom is 0.416 e. The van der Waals surface area contributed by atoms with Gasteiger partial charge in [-0.2, -0.15) is 13.2 Å². The van der Waals surface area contributed by atoms with Crippen molar-refractivity contribution >= 4 is 5.91 Å². The molecule has 0 aliphatic heterocycles. The van der Waals surface area contributed by atoms with Crippen molar-refractivity contribution in [1.29, 1.82) is 0 Å². The van der Waals surface area contributed by atoms with E-state index < -0.39 is 11.7 Å². The van der Waals surface area contributed by atoms with Gasteiger partial charge < -0.3 is 4.90 Å². The first-order chi connectivity index (χ1) is 9.93. The third-order valence-corrected chi connectivity index (χ3v) is 4.08. The Hall–Kier alpha value is -1.52. The quantitative estimate of drug-likeness (QED) is 0.804. The Morgan fingerprint density at radius 2 is 1.71 bits per heavy atom. The number of amides is 1. The number of halogens is 3. The molecule has 0 unspecified atom stereocenters. The first-order valence-corrected chi connectivity index (χ1v) is 7.41. The van der Waals surface area contributed by atoms with Crippen LogP contribution >= 0.6 is 0 Å². The van der Waals surface area contributed by atoms with Crippen molar-refractivity contribution in [2.75, 3.05) is 6.54 Å². The number of hydrogen-bond donors (Lipinski definition) is 0. The molecule has 2 nitrogen and oxygen atoms in total. The molecular weight excluding hydrogens is 279 g/mol. The highest BCUT2D eigenvalue weighted by Gasteiger charge is 2.31. The predicted molar refractivity (Wildman–Crippen MR) is 75.0 cm³/mol. The first-order valence-electron chi connectivity index (χ1n) is 7.41. The fourth-order valence-electron chi connectivity index (χ4n) is 2.93. The lowest BCUT2D eigenvalue weighted by Gasteiger charge is -2.33. The first kappa shape index (κ1) is 15.9. The van der Waals surface area contributed by atoms with Gasteiger partial charge in [-0.05, 0) is 44.0 Å². The lowest BCUT2D eigenvalue weighted by molar-refractivity contribution is -0.137. The van der Waals surface area contributed by atoms with E-state index in [4.69, 9.17) is 0 Å². The van der Waals surface area contributed by atoms with E-state index in [1.807, 2.05) is 6.92 Å². The second-order valence-electron chi connectivity index (χ2n) is 5.46. The van der Waals surface area contributed by atoms with Crippen molar-refractivity contribution in [2.24, 2.45) is 0 Å². The largest absolute Gasteiger partial charge is 0.416 e. The molecule has 0 atom stereocenters. The molecule has 0 N–H and O–H groups in total. The molecular formula is C16H20F3NO. The van der Waals surface area contributed by atoms with Crippen LogP contribution < -0.4 is 0 Å². The van der Waals surface area contributed by atoms with Crippen molar-refractivity contribution in [3.63, 3.8) is 0 Å². The van der Waals surface area contributed by atoms with Crippen molar-refractivity contribution in [3.05, 3.63) is 35.4 Å². The molecule has 116 valence electrons. The molecule has 2 rings (SSSR count). The lowest BCUT2D eigenvalue weighted by atomic mass is 9.93. The Morgan fingerprint density at radius 1 is 1.14 bits per heavy atom. The Morgan fingerprint density at radius 3 is 2.19 bits per heavy atom. The Labute approximate surface area is 122 Å². The van der Waals surface area contributed by atoms with Crippen LogP contribution in [0.2, 0.25) is 0 Å². The zero-order valence-electron chi connectivity index (χ0n) is 12.1. The molecule has 21 heavy (non-hydrogen) atoms. The molecule has 0 aromatic heterocycles. The predicted octanol–water partition coefficient (Wildman–Crippen LogP) is 4.50. The average Bonchev–Trinajstić information content (AvgIpc) is 2.48. The van der Waals surface area contributed by atoms with E-state index in [2.05, 4.69) is 0 Å². The average molecular weight is 299 g/mol. The van der Waals surface area contributed by atoms with Crippen LogP contribution in [-0.2, 0) is 6.18 Å². The van der Waals surface area contributed by atoms with E-state index in [9.17, 15) is 18.0 Å². The van der Waals surface area contributed by atoms with Gasteiger partial charge in [0.25, 0.3) is 5.91 Å². The van der Waals surface area contributed by atoms with Gasteiger partial charge in [0.05, 0.1) is 5.56 Å². The second-order valence-corrected chi connectivity index (χ2v) is 5.46. The molecule has 1 aromatic carbocycles. The zero-order valence-corrected chi connectivity index (χ0v) is 12.1. The number of alkyl halides is 3. The standard InChI is InChI=1S/C16H20F3NO/c1-2-20(14-6-4-3-5-7-14)15(21)12-8-10-13(11-9-12)16(17,18)19/h8-11,14H,2-7H2,1H3. The van der Waals surface area contributed by atoms with Gasteiger partial charge in [0, 0.05) is 18.2 Å². The van der Waals surface area contributed by atoms with E-state index in [0.717, 1.165) is 37.8 Å². The van der Waals surface area contributed by atoms with Crippen molar-refractivity contribution < 1.29 is 18.0 Å². The molecule has 0 bridgehead atoms. The van der Waals surface area contributed by atoms with Crippen LogP contribution in [0.4, 0.5) is 13.2 Å². The zero-order chi connectivity index (χ0) is 15.5. The maximum atomic E-state index is 12.5. The fourth-order valence-corrected chi connectivity index (χ4v) is 2.93. The highest BCUT2D eigenvalue weighted by atomic mass is 19.4. The summed E-state index contributed by atoms with van der Waals surface area (Å²) in [5.41, 5.74) is -0.393. The van der Waals surface area contributed by atoms with Crippen LogP contribution in [0.5, 0.6) is 0 Å². The monoisotopic (exact) mass is 299 g/mol. The number of rotatable bonds is 3. The van der Waals surface area contributed by atoms with Gasteiger partial charge >= 0.3 is 6.18 Å². The molecule has 1 aliphatic rings. The van der Waals surface area contributed by atoms with Crippen LogP contribution in [0.15, 0.2) is 24.3 Å². The summed E-state index contributed by atoms with van der Waals surface area (Å²) < 4.78 is 37.6. The van der Waals surface area contributed by atoms with E-state index in [-0.39, 0.29) is 11.9 Å². The van der Waals surface area contributed by atoms with Crippen molar-refractivity contribution in [2.45, 2.75) is 51.2 Å². The molecule has 1 aromatic rings. The highest BCUT2D eigenvalue weighted by molar-refractivity contribution is 5.94. The summed E-state index contributed by atoms with van der Waals surface area (Å²) in [7, 11) is 0. The van der Waals surface area contributed by atoms with Crippen molar-refractivity contribution in [1.82, 2.24) is 4.90 Å². The van der Waals surface area contributed by atoms with Gasteiger partial charge in [-0.1, -0.05) is 19.3 Å². The van der Waals surface area contributed by atoms with E-state index in [1.54, 1.807) is 4.90 Å². The molecule has 1 aliphatic carbocycles. The summed E-state index contributed by atoms with van der Waals surface area (Å²) in [5.74, 6) is -0.168. The maximum absolute atomic E-state index is 12.5. The molecule has 1 saturated carbocycles. The number of nitrogens with zero attached hydrogens (tertiary/aromatic N) is 1. The number of hydrogen-bond acceptors (Lipinski definition) is 1. The summed E-state index contributed by atoms with van der Waals surface area (Å²) in [6, 6.07) is 4.72. The van der Waals surface area contributed by atoms with Crippen LogP contribution in [0.25, 0.3) is 0 Å². The minimum Gasteiger partial charge on any atom is -0.336 e. The highest BCUT2D eigenvalue weighted by Crippen LogP contribution is 2.29. The molecule has 0 heterocycles. The van der Waals surface area contributed by atoms with E-state index >= 15 is 0 Å². The number of carbonyl (C=O) groups excluding carboxylic acids is 1. The topological polar surface area (TPSA) is 20.3 Å². The van der Waals surface area contributed by atoms with Gasteiger partial charge in [-0.15, -0.1) is 0 Å². The molecule has 1 fully saturated rings. The molecule has 5 heteroatoms. The summed E-state index contributed by atoms with van der Waals surface area (Å²) in [4.78, 5) is 14.3. The number of carbonyl (C=O) groups is 1. The summed E-state index contributed by atoms with van der Waals surface area (Å²) in [5, 5.41) is 0. The normalized spacial score (nSPS) is 16.8. The Balaban J connectivity index is 2.13. The summed E-state index contributed by atoms with van der Waals surface area (Å²) in [6.07, 6.45) is 1.03. The van der Waals surface area contributed by atoms with Gasteiger partial charge in [0.1, 0.15) is 0 Å². The van der Waals surface area contributed by atoms with Gasteiger partial charge in [0.15, 0.2) is 0 Å². The third-order valence-electron chi connectivity index (χ3n) is 4.08. The van der Waals surface area contributed by atoms with Crippen LogP contribution in [0.3, 0.4) is 0 Å². The molecule has 1 amide bonds. The summed E-state index contributed by atoms with van der Waals surface area (Å²) in [6.45, 7) is 2.50. The third kappa shape index (κ3) is 3.77. The molecule has 0 saturated heterocycles. The summed E-state index contributed by atoms with van der Waals surface area (Å²) >= 11 is 0. The SMILES string of the molecule is CCN(C(=O)c1ccc(C(F)(F)F)cc1)C1CCCCC1. The van der Waals surface area contributed by atoms with Crippen molar-refractivity contribution in [3.8, 4) is 0 Å². The smallest absolute Gasteiger partial charge is 0.336 e. The Kier molecular flexibility index (Phi) is 4.91. The minimum atomic E-state index is -4.37. The van der Waals surface area contributed by atoms with E-state index in [1.165, 1.54) is 18.6 Å². The van der Waals surface area contributed by atoms with Gasteiger partial charge in [0.2, 0.25) is 0 Å². The number of benzene rings is 1. The lowest BCUT2D eigenvalue weighted by Crippen LogP contribution is -2.41. The molecule has 0 radical (unpaired) electrons. The van der Waals surface area contributed by atoms with Crippen LogP contribution in [0, 0.1) is 0 Å².